The van der Waals surface area contributed by atoms with Crippen LogP contribution in [0.3, 0.4) is 0 Å². The molecule has 3 rings (SSSR count). The second-order valence-corrected chi connectivity index (χ2v) is 13.1. The molecule has 26 heteroatoms. The molecule has 0 saturated carbocycles. The lowest BCUT2D eigenvalue weighted by Crippen LogP contribution is -2.73. The summed E-state index contributed by atoms with van der Waals surface area (Å²) in [5.41, 5.74) is 0. The van der Waals surface area contributed by atoms with E-state index < -0.39 is 136 Å². The molecule has 0 unspecified atom stereocenters. The van der Waals surface area contributed by atoms with E-state index in [4.69, 9.17) is 27.8 Å². The van der Waals surface area contributed by atoms with E-state index >= 15 is 0 Å². The summed E-state index contributed by atoms with van der Waals surface area (Å²) < 4.78 is 45.2. The van der Waals surface area contributed by atoms with E-state index in [-0.39, 0.29) is 0 Å². The molecule has 50 heavy (non-hydrogen) atoms. The Balaban J connectivity index is 2.26. The van der Waals surface area contributed by atoms with E-state index in [1.54, 1.807) is 0 Å². The highest BCUT2D eigenvalue weighted by molar-refractivity contribution is 7.48. The number of hydrogen-bond acceptors (Lipinski definition) is 22. The number of ether oxygens (including phenoxy) is 3. The first-order valence-corrected chi connectivity index (χ1v) is 16.1. The van der Waals surface area contributed by atoms with Crippen molar-refractivity contribution in [2.45, 2.75) is 112 Å². The van der Waals surface area contributed by atoms with Crippen LogP contribution in [-0.2, 0) is 46.7 Å². The summed E-state index contributed by atoms with van der Waals surface area (Å²) in [6, 6.07) is -7.31. The van der Waals surface area contributed by atoms with Gasteiger partial charge in [-0.25, -0.2) is 18.1 Å². The number of nitrogens with one attached hydrogen (secondary N) is 3. The minimum absolute atomic E-state index is 0.820. The summed E-state index contributed by atoms with van der Waals surface area (Å²) in [5, 5.41) is 133. The molecule has 15 N–H and O–H groups in total. The first-order valence-electron chi connectivity index (χ1n) is 14.7. The molecule has 0 aromatic heterocycles. The molecule has 3 amide bonds. The van der Waals surface area contributed by atoms with Crippen LogP contribution in [0.4, 0.5) is 0 Å². The zero-order valence-electron chi connectivity index (χ0n) is 26.4. The fourth-order valence-corrected chi connectivity index (χ4v) is 6.92. The number of hydrogen-bond donors (Lipinski definition) is 15. The molecule has 3 fully saturated rings. The Morgan fingerprint density at radius 2 is 0.760 bits per heavy atom. The third-order valence-corrected chi connectivity index (χ3v) is 9.16. The van der Waals surface area contributed by atoms with Crippen LogP contribution in [0.2, 0.25) is 0 Å². The van der Waals surface area contributed by atoms with Crippen molar-refractivity contribution in [3.63, 3.8) is 0 Å². The Labute approximate surface area is 281 Å². The van der Waals surface area contributed by atoms with Gasteiger partial charge in [0, 0.05) is 20.8 Å². The van der Waals surface area contributed by atoms with Crippen LogP contribution in [-0.4, -0.2) is 190 Å². The Kier molecular flexibility index (Phi) is 13.4. The fraction of sp³-hybridized carbons (Fsp3) is 0.875. The predicted molar refractivity (Wildman–Crippen MR) is 150 cm³/mol. The summed E-state index contributed by atoms with van der Waals surface area (Å²) in [4.78, 5) is 36.0. The maximum Gasteiger partial charge on any atom is 0.488 e. The van der Waals surface area contributed by atoms with Crippen molar-refractivity contribution < 1.29 is 108 Å². The molecular weight excluding hydrogens is 713 g/mol. The minimum Gasteiger partial charge on any atom is -0.394 e. The molecule has 3 heterocycles. The van der Waals surface area contributed by atoms with Crippen LogP contribution in [0.15, 0.2) is 0 Å². The van der Waals surface area contributed by atoms with Crippen molar-refractivity contribution in [1.29, 1.82) is 0 Å². The lowest BCUT2D eigenvalue weighted by atomic mass is 9.95. The SMILES string of the molecule is CC(=O)N[C@@H]1[C@@H](O)[C@H](O)[C@@H](CO)O[C@@]1(O)OP(=O)(O[C@]1(O)O[C@H](CO)[C@@H](O)[C@H](O)[C@H]1NC(C)=O)O[C@]1(O)O[C@H](CO)[C@@H](O)[C@H](O)[C@H]1NC(C)=O. The van der Waals surface area contributed by atoms with Gasteiger partial charge in [-0.1, -0.05) is 0 Å². The molecule has 3 aliphatic heterocycles. The van der Waals surface area contributed by atoms with Crippen LogP contribution in [0.1, 0.15) is 20.8 Å². The highest BCUT2D eigenvalue weighted by Gasteiger charge is 2.66. The standard InChI is InChI=1S/C24H42N3O22P/c1-7(31)25-19-16(37)13(34)10(4-28)44-22(19,40)47-50(43,48-23(41)20(26-8(2)32)17(38)14(35)11(5-29)45-23)49-24(42)21(27-9(3)33)18(39)15(36)12(6-30)46-24/h10-21,28-30,34-42H,4-6H2,1-3H3,(H,25,31)(H,26,32)(H,27,33)/t10-,11-,12-,13-,14-,15-,16+,17+,18+,19-,20-,21-,22-,23-,24-/m1/s1. The lowest BCUT2D eigenvalue weighted by Gasteiger charge is -2.51. The van der Waals surface area contributed by atoms with Crippen molar-refractivity contribution >= 4 is 25.5 Å². The van der Waals surface area contributed by atoms with E-state index in [9.17, 15) is 80.2 Å². The van der Waals surface area contributed by atoms with Crippen molar-refractivity contribution in [2.75, 3.05) is 19.8 Å². The van der Waals surface area contributed by atoms with E-state index in [0.29, 0.717) is 0 Å². The van der Waals surface area contributed by atoms with Gasteiger partial charge in [-0.05, 0) is 0 Å². The summed E-state index contributed by atoms with van der Waals surface area (Å²) in [7, 11) is -6.52. The zero-order valence-corrected chi connectivity index (χ0v) is 27.3. The fourth-order valence-electron chi connectivity index (χ4n) is 5.37. The molecule has 15 atom stereocenters. The normalized spacial score (nSPS) is 43.9. The second kappa shape index (κ2) is 15.9. The summed E-state index contributed by atoms with van der Waals surface area (Å²) >= 11 is 0. The molecule has 0 aromatic rings. The van der Waals surface area contributed by atoms with Gasteiger partial charge in [0.05, 0.1) is 19.8 Å². The molecule has 0 aromatic carbocycles. The number of amides is 3. The van der Waals surface area contributed by atoms with Crippen molar-refractivity contribution in [3.8, 4) is 0 Å². The molecule has 0 bridgehead atoms. The number of carbonyl (C=O) groups excluding carboxylic acids is 3. The van der Waals surface area contributed by atoms with Crippen LogP contribution in [0.5, 0.6) is 0 Å². The number of aliphatic hydroxyl groups is 12. The van der Waals surface area contributed by atoms with Gasteiger partial charge in [0.15, 0.2) is 0 Å². The summed E-state index contributed by atoms with van der Waals surface area (Å²) in [6.45, 7) is -1.20. The lowest BCUT2D eigenvalue weighted by molar-refractivity contribution is -0.437. The Morgan fingerprint density at radius 3 is 0.940 bits per heavy atom. The number of phosphoric ester groups is 1. The van der Waals surface area contributed by atoms with E-state index in [1.807, 2.05) is 16.0 Å². The molecule has 3 aliphatic rings. The van der Waals surface area contributed by atoms with Gasteiger partial charge in [0.1, 0.15) is 73.1 Å². The smallest absolute Gasteiger partial charge is 0.394 e. The first-order chi connectivity index (χ1) is 23.0. The van der Waals surface area contributed by atoms with Gasteiger partial charge < -0.3 is 91.4 Å². The topological polar surface area (TPSA) is 403 Å². The molecule has 3 saturated heterocycles. The maximum atomic E-state index is 14.7. The number of rotatable bonds is 12. The molecule has 0 aliphatic carbocycles. The molecule has 290 valence electrons. The van der Waals surface area contributed by atoms with Crippen molar-refractivity contribution in [2.24, 2.45) is 0 Å². The predicted octanol–water partition coefficient (Wildman–Crippen LogP) is -9.06. The van der Waals surface area contributed by atoms with E-state index in [0.717, 1.165) is 20.8 Å². The molecule has 0 spiro atoms. The number of carbonyl (C=O) groups is 3. The molecular formula is C24H42N3O22P. The Hall–Kier alpha value is -2.08. The van der Waals surface area contributed by atoms with E-state index in [1.165, 1.54) is 0 Å². The highest BCUT2D eigenvalue weighted by Crippen LogP contribution is 2.61. The third kappa shape index (κ3) is 8.75. The number of aliphatic hydroxyl groups excluding tert-OH is 9. The van der Waals surface area contributed by atoms with Gasteiger partial charge in [-0.2, -0.15) is 0 Å². The zero-order chi connectivity index (χ0) is 38.1. The van der Waals surface area contributed by atoms with Gasteiger partial charge in [-0.15, -0.1) is 0 Å². The third-order valence-electron chi connectivity index (χ3n) is 7.70. The van der Waals surface area contributed by atoms with Gasteiger partial charge in [0.2, 0.25) is 17.7 Å². The van der Waals surface area contributed by atoms with E-state index in [2.05, 4.69) is 0 Å². The van der Waals surface area contributed by atoms with Gasteiger partial charge >= 0.3 is 25.7 Å². The van der Waals surface area contributed by atoms with Crippen LogP contribution in [0.25, 0.3) is 0 Å². The monoisotopic (exact) mass is 755 g/mol. The minimum atomic E-state index is -6.52. The van der Waals surface area contributed by atoms with Crippen LogP contribution in [0, 0.1) is 0 Å². The number of phosphoric acid groups is 1. The quantitative estimate of drug-likeness (QED) is 0.0649. The second-order valence-electron chi connectivity index (χ2n) is 11.6. The molecule has 25 nitrogen and oxygen atoms in total. The average molecular weight is 756 g/mol. The Morgan fingerprint density at radius 1 is 0.540 bits per heavy atom. The summed E-state index contributed by atoms with van der Waals surface area (Å²) in [5.74, 6) is -14.8. The average Bonchev–Trinajstić information content (AvgIpc) is 3.00. The van der Waals surface area contributed by atoms with Crippen molar-refractivity contribution in [1.82, 2.24) is 16.0 Å². The Bertz CT molecular complexity index is 1140. The molecule has 0 radical (unpaired) electrons. The van der Waals surface area contributed by atoms with Gasteiger partial charge in [-0.3, -0.25) is 14.4 Å². The highest BCUT2D eigenvalue weighted by atomic mass is 31.2. The largest absolute Gasteiger partial charge is 0.488 e. The summed E-state index contributed by atoms with van der Waals surface area (Å²) in [6.07, 6.45) is -19.6. The van der Waals surface area contributed by atoms with Crippen LogP contribution < -0.4 is 16.0 Å². The van der Waals surface area contributed by atoms with Crippen LogP contribution >= 0.6 is 7.82 Å². The maximum absolute atomic E-state index is 14.7. The van der Waals surface area contributed by atoms with Gasteiger partial charge in [0.25, 0.3) is 0 Å². The van der Waals surface area contributed by atoms with Crippen molar-refractivity contribution in [3.05, 3.63) is 0 Å². The first kappa shape index (κ1) is 42.3.